The highest BCUT2D eigenvalue weighted by Gasteiger charge is 2.23. The van der Waals surface area contributed by atoms with Gasteiger partial charge in [0.1, 0.15) is 5.69 Å². The van der Waals surface area contributed by atoms with Gasteiger partial charge in [-0.15, -0.1) is 11.8 Å². The molecule has 0 aromatic heterocycles. The van der Waals surface area contributed by atoms with Gasteiger partial charge in [0.2, 0.25) is 0 Å². The Morgan fingerprint density at radius 2 is 1.80 bits per heavy atom. The van der Waals surface area contributed by atoms with E-state index in [1.807, 2.05) is 6.26 Å². The number of carbonyl (C=O) groups excluding carboxylic acids is 2. The van der Waals surface area contributed by atoms with Crippen LogP contribution >= 0.6 is 11.8 Å². The molecule has 0 aliphatic carbocycles. The van der Waals surface area contributed by atoms with Gasteiger partial charge in [-0.25, -0.2) is 4.79 Å². The Morgan fingerprint density at radius 3 is 2.48 bits per heavy atom. The molecule has 0 unspecified atom stereocenters. The minimum atomic E-state index is -1.11. The first-order chi connectivity index (χ1) is 11.9. The van der Waals surface area contributed by atoms with E-state index in [1.54, 1.807) is 30.3 Å². The molecule has 0 aliphatic heterocycles. The number of hydrogen-bond donors (Lipinski definition) is 1. The summed E-state index contributed by atoms with van der Waals surface area (Å²) in [5.74, 6) is -1.28. The van der Waals surface area contributed by atoms with E-state index in [4.69, 9.17) is 4.74 Å². The lowest BCUT2D eigenvalue weighted by molar-refractivity contribution is -0.383. The first-order valence-electron chi connectivity index (χ1n) is 7.32. The monoisotopic (exact) mass is 360 g/mol. The van der Waals surface area contributed by atoms with E-state index >= 15 is 0 Å². The van der Waals surface area contributed by atoms with Crippen LogP contribution in [0.4, 0.5) is 11.4 Å². The van der Waals surface area contributed by atoms with Crippen LogP contribution in [0.1, 0.15) is 17.3 Å². The fraction of sp³-hybridized carbons (Fsp3) is 0.176. The Bertz CT molecular complexity index is 809. The van der Waals surface area contributed by atoms with Crippen molar-refractivity contribution in [2.45, 2.75) is 17.9 Å². The van der Waals surface area contributed by atoms with Crippen LogP contribution in [-0.4, -0.2) is 29.2 Å². The van der Waals surface area contributed by atoms with E-state index in [-0.39, 0.29) is 11.4 Å². The van der Waals surface area contributed by atoms with Gasteiger partial charge in [0.05, 0.1) is 10.5 Å². The third-order valence-corrected chi connectivity index (χ3v) is 4.13. The van der Waals surface area contributed by atoms with Gasteiger partial charge in [-0.3, -0.25) is 14.9 Å². The van der Waals surface area contributed by atoms with Crippen molar-refractivity contribution in [2.24, 2.45) is 0 Å². The Morgan fingerprint density at radius 1 is 1.16 bits per heavy atom. The van der Waals surface area contributed by atoms with Crippen molar-refractivity contribution in [3.8, 4) is 0 Å². The molecule has 0 spiro atoms. The number of anilines is 1. The molecule has 1 amide bonds. The van der Waals surface area contributed by atoms with Crippen LogP contribution in [0.3, 0.4) is 0 Å². The summed E-state index contributed by atoms with van der Waals surface area (Å²) < 4.78 is 5.18. The molecule has 8 heteroatoms. The Labute approximate surface area is 148 Å². The van der Waals surface area contributed by atoms with Crippen molar-refractivity contribution >= 4 is 35.0 Å². The van der Waals surface area contributed by atoms with E-state index < -0.39 is 22.9 Å². The van der Waals surface area contributed by atoms with Crippen molar-refractivity contribution in [1.82, 2.24) is 0 Å². The number of thioether (sulfide) groups is 1. The molecule has 0 heterocycles. The van der Waals surface area contributed by atoms with E-state index in [9.17, 15) is 19.7 Å². The third-order valence-electron chi connectivity index (χ3n) is 3.34. The van der Waals surface area contributed by atoms with Crippen LogP contribution in [0.2, 0.25) is 0 Å². The Hall–Kier alpha value is -2.87. The van der Waals surface area contributed by atoms with Crippen molar-refractivity contribution in [2.75, 3.05) is 11.6 Å². The maximum atomic E-state index is 12.2. The second kappa shape index (κ2) is 8.29. The van der Waals surface area contributed by atoms with Crippen LogP contribution in [0.5, 0.6) is 0 Å². The van der Waals surface area contributed by atoms with Crippen molar-refractivity contribution in [3.63, 3.8) is 0 Å². The molecule has 0 bridgehead atoms. The number of hydrogen-bond acceptors (Lipinski definition) is 6. The SMILES string of the molecule is CSc1ccccc1C(=O)O[C@H](C)C(=O)Nc1ccccc1[N+](=O)[O-]. The molecule has 1 atom stereocenters. The first-order valence-corrected chi connectivity index (χ1v) is 8.54. The number of nitrogens with one attached hydrogen (secondary N) is 1. The molecular formula is C17H16N2O5S. The third kappa shape index (κ3) is 4.57. The summed E-state index contributed by atoms with van der Waals surface area (Å²) in [5.41, 5.74) is 0.173. The maximum Gasteiger partial charge on any atom is 0.340 e. The van der Waals surface area contributed by atoms with Crippen LogP contribution in [0.25, 0.3) is 0 Å². The summed E-state index contributed by atoms with van der Waals surface area (Å²) in [4.78, 5) is 35.5. The number of para-hydroxylation sites is 2. The standard InChI is InChI=1S/C17H16N2O5S/c1-11(24-17(21)12-7-3-6-10-15(12)25-2)16(20)18-13-8-4-5-9-14(13)19(22)23/h3-11H,1-2H3,(H,18,20)/t11-/m1/s1. The number of carbonyl (C=O) groups is 2. The number of rotatable bonds is 6. The molecule has 130 valence electrons. The summed E-state index contributed by atoms with van der Waals surface area (Å²) in [6.07, 6.45) is 0.721. The quantitative estimate of drug-likeness (QED) is 0.366. The number of benzene rings is 2. The van der Waals surface area contributed by atoms with Crippen molar-refractivity contribution in [1.29, 1.82) is 0 Å². The van der Waals surface area contributed by atoms with Crippen molar-refractivity contribution < 1.29 is 19.2 Å². The minimum Gasteiger partial charge on any atom is -0.449 e. The number of nitrogens with zero attached hydrogens (tertiary/aromatic N) is 1. The van der Waals surface area contributed by atoms with E-state index in [0.29, 0.717) is 5.56 Å². The summed E-state index contributed by atoms with van der Waals surface area (Å²) in [6.45, 7) is 1.41. The fourth-order valence-electron chi connectivity index (χ4n) is 2.06. The second-order valence-corrected chi connectivity index (χ2v) is 5.86. The van der Waals surface area contributed by atoms with Gasteiger partial charge in [-0.05, 0) is 31.4 Å². The average molecular weight is 360 g/mol. The summed E-state index contributed by atoms with van der Waals surface area (Å²) in [6, 6.07) is 12.6. The topological polar surface area (TPSA) is 98.5 Å². The fourth-order valence-corrected chi connectivity index (χ4v) is 2.65. The highest BCUT2D eigenvalue weighted by atomic mass is 32.2. The normalized spacial score (nSPS) is 11.4. The lowest BCUT2D eigenvalue weighted by Crippen LogP contribution is -2.30. The van der Waals surface area contributed by atoms with Gasteiger partial charge >= 0.3 is 5.97 Å². The number of nitro groups is 1. The molecule has 0 radical (unpaired) electrons. The molecule has 2 aromatic rings. The van der Waals surface area contributed by atoms with Gasteiger partial charge in [0, 0.05) is 11.0 Å². The predicted octanol–water partition coefficient (Wildman–Crippen LogP) is 3.50. The minimum absolute atomic E-state index is 0.0462. The van der Waals surface area contributed by atoms with Gasteiger partial charge in [-0.2, -0.15) is 0 Å². The summed E-state index contributed by atoms with van der Waals surface area (Å²) >= 11 is 1.39. The molecule has 1 N–H and O–H groups in total. The van der Waals surface area contributed by atoms with Gasteiger partial charge in [-0.1, -0.05) is 24.3 Å². The molecule has 0 saturated heterocycles. The average Bonchev–Trinajstić information content (AvgIpc) is 2.61. The zero-order valence-corrected chi connectivity index (χ0v) is 14.4. The van der Waals surface area contributed by atoms with Gasteiger partial charge in [0.15, 0.2) is 6.10 Å². The smallest absolute Gasteiger partial charge is 0.340 e. The molecule has 0 saturated carbocycles. The predicted molar refractivity (Wildman–Crippen MR) is 94.8 cm³/mol. The van der Waals surface area contributed by atoms with E-state index in [0.717, 1.165) is 4.90 Å². The zero-order chi connectivity index (χ0) is 18.4. The maximum absolute atomic E-state index is 12.2. The lowest BCUT2D eigenvalue weighted by Gasteiger charge is -2.14. The molecule has 7 nitrogen and oxygen atoms in total. The van der Waals surface area contributed by atoms with E-state index in [2.05, 4.69) is 5.32 Å². The molecule has 2 rings (SSSR count). The highest BCUT2D eigenvalue weighted by molar-refractivity contribution is 7.98. The number of esters is 1. The Balaban J connectivity index is 2.08. The summed E-state index contributed by atoms with van der Waals surface area (Å²) in [5, 5.41) is 13.4. The number of nitro benzene ring substituents is 1. The molecule has 2 aromatic carbocycles. The number of amides is 1. The van der Waals surface area contributed by atoms with Crippen LogP contribution in [0, 0.1) is 10.1 Å². The first kappa shape index (κ1) is 18.5. The van der Waals surface area contributed by atoms with Gasteiger partial charge < -0.3 is 10.1 Å². The molecule has 0 fully saturated rings. The molecular weight excluding hydrogens is 344 g/mol. The highest BCUT2D eigenvalue weighted by Crippen LogP contribution is 2.24. The second-order valence-electron chi connectivity index (χ2n) is 5.01. The van der Waals surface area contributed by atoms with Crippen LogP contribution in [-0.2, 0) is 9.53 Å². The van der Waals surface area contributed by atoms with Crippen molar-refractivity contribution in [3.05, 3.63) is 64.2 Å². The summed E-state index contributed by atoms with van der Waals surface area (Å²) in [7, 11) is 0. The molecule has 25 heavy (non-hydrogen) atoms. The van der Waals surface area contributed by atoms with Crippen LogP contribution < -0.4 is 5.32 Å². The Kier molecular flexibility index (Phi) is 6.13. The van der Waals surface area contributed by atoms with Crippen LogP contribution in [0.15, 0.2) is 53.4 Å². The lowest BCUT2D eigenvalue weighted by atomic mass is 10.2. The zero-order valence-electron chi connectivity index (χ0n) is 13.6. The molecule has 0 aliphatic rings. The largest absolute Gasteiger partial charge is 0.449 e. The van der Waals surface area contributed by atoms with E-state index in [1.165, 1.54) is 36.9 Å². The number of ether oxygens (including phenoxy) is 1. The van der Waals surface area contributed by atoms with Gasteiger partial charge in [0.25, 0.3) is 11.6 Å².